The lowest BCUT2D eigenvalue weighted by atomic mass is 10.4. The maximum absolute atomic E-state index is 5.35. The third kappa shape index (κ3) is 3.65. The molecule has 0 aliphatic carbocycles. The Morgan fingerprint density at radius 1 is 0.938 bits per heavy atom. The highest BCUT2D eigenvalue weighted by Crippen LogP contribution is 2.14. The predicted octanol–water partition coefficient (Wildman–Crippen LogP) is 3.00. The Hall–Kier alpha value is -1.97. The summed E-state index contributed by atoms with van der Waals surface area (Å²) in [5, 5.41) is 7.73. The van der Waals surface area contributed by atoms with E-state index in [1.165, 1.54) is 0 Å². The summed E-state index contributed by atoms with van der Waals surface area (Å²) in [6, 6.07) is 9.04. The predicted molar refractivity (Wildman–Crippen MR) is 62.4 cm³/mol. The summed E-state index contributed by atoms with van der Waals surface area (Å²) in [7, 11) is 0. The smallest absolute Gasteiger partial charge is 0.240 e. The molecule has 0 unspecified atom stereocenters. The van der Waals surface area contributed by atoms with Gasteiger partial charge in [0.05, 0.1) is 5.69 Å². The second-order valence-electron chi connectivity index (χ2n) is 2.78. The average molecular weight is 217 g/mol. The van der Waals surface area contributed by atoms with Crippen LogP contribution in [0.25, 0.3) is 0 Å². The first-order valence-electron chi connectivity index (χ1n) is 5.24. The van der Waals surface area contributed by atoms with E-state index in [2.05, 4.69) is 15.2 Å². The number of hydrogen-bond acceptors (Lipinski definition) is 4. The van der Waals surface area contributed by atoms with E-state index in [4.69, 9.17) is 4.74 Å². The molecule has 0 saturated heterocycles. The monoisotopic (exact) mass is 217 g/mol. The van der Waals surface area contributed by atoms with Gasteiger partial charge in [0.1, 0.15) is 0 Å². The molecule has 0 bridgehead atoms. The van der Waals surface area contributed by atoms with Gasteiger partial charge in [-0.05, 0) is 19.1 Å². The van der Waals surface area contributed by atoms with E-state index in [1.807, 2.05) is 39.0 Å². The minimum Gasteiger partial charge on any atom is -0.419 e. The summed E-state index contributed by atoms with van der Waals surface area (Å²) in [5.74, 6) is 0.972. The van der Waals surface area contributed by atoms with Crippen LogP contribution < -0.4 is 4.74 Å². The topological polar surface area (TPSA) is 47.9 Å². The van der Waals surface area contributed by atoms with E-state index in [0.717, 1.165) is 5.69 Å². The van der Waals surface area contributed by atoms with Crippen LogP contribution in [0, 0.1) is 6.92 Å². The Morgan fingerprint density at radius 3 is 2.31 bits per heavy atom. The lowest BCUT2D eigenvalue weighted by molar-refractivity contribution is 0.437. The summed E-state index contributed by atoms with van der Waals surface area (Å²) in [6.07, 6.45) is 1.66. The van der Waals surface area contributed by atoms with Crippen LogP contribution >= 0.6 is 0 Å². The zero-order chi connectivity index (χ0) is 11.8. The van der Waals surface area contributed by atoms with Gasteiger partial charge in [-0.1, -0.05) is 19.9 Å². The molecule has 0 aliphatic rings. The molecule has 0 aliphatic heterocycles. The van der Waals surface area contributed by atoms with E-state index in [1.54, 1.807) is 18.3 Å². The minimum absolute atomic E-state index is 0.453. The Morgan fingerprint density at radius 2 is 1.75 bits per heavy atom. The molecule has 4 nitrogen and oxygen atoms in total. The molecule has 16 heavy (non-hydrogen) atoms. The van der Waals surface area contributed by atoms with Gasteiger partial charge < -0.3 is 4.74 Å². The molecule has 0 radical (unpaired) electrons. The third-order valence-electron chi connectivity index (χ3n) is 1.62. The van der Waals surface area contributed by atoms with Crippen molar-refractivity contribution in [2.24, 2.45) is 0 Å². The van der Waals surface area contributed by atoms with Gasteiger partial charge in [0, 0.05) is 18.3 Å². The highest BCUT2D eigenvalue weighted by molar-refractivity contribution is 5.18. The SMILES string of the molecule is CC.Cc1ccc(Oc2ccccn2)nn1. The number of aromatic nitrogens is 3. The van der Waals surface area contributed by atoms with E-state index in [9.17, 15) is 0 Å². The Kier molecular flexibility index (Phi) is 4.92. The van der Waals surface area contributed by atoms with Gasteiger partial charge in [-0.15, -0.1) is 5.10 Å². The fourth-order valence-electron chi connectivity index (χ4n) is 0.956. The normalized spacial score (nSPS) is 8.94. The molecule has 0 atom stereocenters. The molecule has 4 heteroatoms. The number of hydrogen-bond donors (Lipinski definition) is 0. The molecule has 0 N–H and O–H groups in total. The largest absolute Gasteiger partial charge is 0.419 e. The Bertz CT molecular complexity index is 400. The zero-order valence-corrected chi connectivity index (χ0v) is 9.71. The van der Waals surface area contributed by atoms with Crippen LogP contribution in [0.15, 0.2) is 36.5 Å². The minimum atomic E-state index is 0.453. The molecule has 0 amide bonds. The summed E-state index contributed by atoms with van der Waals surface area (Å²) in [5.41, 5.74) is 0.860. The molecule has 2 aromatic rings. The van der Waals surface area contributed by atoms with Crippen molar-refractivity contribution in [1.29, 1.82) is 0 Å². The van der Waals surface area contributed by atoms with Gasteiger partial charge in [-0.3, -0.25) is 0 Å². The quantitative estimate of drug-likeness (QED) is 0.775. The first-order chi connectivity index (χ1) is 7.84. The molecular formula is C12H15N3O. The molecule has 2 heterocycles. The lowest BCUT2D eigenvalue weighted by Crippen LogP contribution is -1.92. The summed E-state index contributed by atoms with van der Waals surface area (Å²) >= 11 is 0. The molecule has 0 saturated carbocycles. The highest BCUT2D eigenvalue weighted by Gasteiger charge is 1.98. The lowest BCUT2D eigenvalue weighted by Gasteiger charge is -2.01. The van der Waals surface area contributed by atoms with Crippen molar-refractivity contribution < 1.29 is 4.74 Å². The summed E-state index contributed by atoms with van der Waals surface area (Å²) in [6.45, 7) is 5.87. The van der Waals surface area contributed by atoms with E-state index >= 15 is 0 Å². The highest BCUT2D eigenvalue weighted by atomic mass is 16.5. The molecule has 0 fully saturated rings. The van der Waals surface area contributed by atoms with Gasteiger partial charge in [0.2, 0.25) is 11.8 Å². The molecule has 0 spiro atoms. The Balaban J connectivity index is 0.000000606. The first-order valence-corrected chi connectivity index (χ1v) is 5.24. The summed E-state index contributed by atoms with van der Waals surface area (Å²) in [4.78, 5) is 4.01. The van der Waals surface area contributed by atoms with Crippen molar-refractivity contribution in [2.45, 2.75) is 20.8 Å². The summed E-state index contributed by atoms with van der Waals surface area (Å²) < 4.78 is 5.35. The first kappa shape index (κ1) is 12.1. The van der Waals surface area contributed by atoms with Gasteiger partial charge in [0.15, 0.2) is 0 Å². The fourth-order valence-corrected chi connectivity index (χ4v) is 0.956. The molecular weight excluding hydrogens is 202 g/mol. The van der Waals surface area contributed by atoms with Crippen molar-refractivity contribution in [3.63, 3.8) is 0 Å². The maximum atomic E-state index is 5.35. The second kappa shape index (κ2) is 6.50. The van der Waals surface area contributed by atoms with Gasteiger partial charge in [0.25, 0.3) is 0 Å². The zero-order valence-electron chi connectivity index (χ0n) is 9.71. The number of pyridine rings is 1. The van der Waals surface area contributed by atoms with Gasteiger partial charge in [-0.25, -0.2) is 4.98 Å². The van der Waals surface area contributed by atoms with Crippen LogP contribution in [0.4, 0.5) is 0 Å². The number of ether oxygens (including phenoxy) is 1. The second-order valence-corrected chi connectivity index (χ2v) is 2.78. The van der Waals surface area contributed by atoms with Crippen molar-refractivity contribution in [1.82, 2.24) is 15.2 Å². The van der Waals surface area contributed by atoms with Crippen molar-refractivity contribution in [2.75, 3.05) is 0 Å². The maximum Gasteiger partial charge on any atom is 0.240 e. The molecule has 84 valence electrons. The van der Waals surface area contributed by atoms with Crippen molar-refractivity contribution in [3.8, 4) is 11.8 Å². The van der Waals surface area contributed by atoms with Crippen LogP contribution in [0.2, 0.25) is 0 Å². The van der Waals surface area contributed by atoms with Crippen LogP contribution in [-0.2, 0) is 0 Å². The average Bonchev–Trinajstić information content (AvgIpc) is 2.36. The van der Waals surface area contributed by atoms with Crippen molar-refractivity contribution in [3.05, 3.63) is 42.2 Å². The van der Waals surface area contributed by atoms with Gasteiger partial charge in [-0.2, -0.15) is 5.10 Å². The van der Waals surface area contributed by atoms with Crippen LogP contribution in [0.1, 0.15) is 19.5 Å². The molecule has 0 aromatic carbocycles. The van der Waals surface area contributed by atoms with Crippen LogP contribution in [0.5, 0.6) is 11.8 Å². The number of rotatable bonds is 2. The standard InChI is InChI=1S/C10H9N3O.C2H6/c1-8-5-6-10(13-12-8)14-9-4-2-3-7-11-9;1-2/h2-7H,1H3;1-2H3. The van der Waals surface area contributed by atoms with E-state index in [-0.39, 0.29) is 0 Å². The number of nitrogens with zero attached hydrogens (tertiary/aromatic N) is 3. The van der Waals surface area contributed by atoms with Gasteiger partial charge >= 0.3 is 0 Å². The third-order valence-corrected chi connectivity index (χ3v) is 1.62. The fraction of sp³-hybridized carbons (Fsp3) is 0.250. The van der Waals surface area contributed by atoms with Crippen LogP contribution in [-0.4, -0.2) is 15.2 Å². The molecule has 2 rings (SSSR count). The molecule has 2 aromatic heterocycles. The van der Waals surface area contributed by atoms with E-state index in [0.29, 0.717) is 11.8 Å². The number of aryl methyl sites for hydroxylation is 1. The Labute approximate surface area is 95.3 Å². The van der Waals surface area contributed by atoms with Crippen molar-refractivity contribution >= 4 is 0 Å². The van der Waals surface area contributed by atoms with Crippen LogP contribution in [0.3, 0.4) is 0 Å². The van der Waals surface area contributed by atoms with E-state index < -0.39 is 0 Å².